The van der Waals surface area contributed by atoms with E-state index >= 15 is 0 Å². The first-order valence-corrected chi connectivity index (χ1v) is 9.75. The van der Waals surface area contributed by atoms with E-state index in [2.05, 4.69) is 15.6 Å². The van der Waals surface area contributed by atoms with Crippen LogP contribution in [0.15, 0.2) is 36.5 Å². The average molecular weight is 381 g/mol. The quantitative estimate of drug-likeness (QED) is 0.772. The van der Waals surface area contributed by atoms with Crippen LogP contribution in [-0.2, 0) is 11.3 Å². The fraction of sp³-hybridized carbons (Fsp3) is 0.409. The van der Waals surface area contributed by atoms with Crippen LogP contribution in [0.5, 0.6) is 5.88 Å². The van der Waals surface area contributed by atoms with Crippen molar-refractivity contribution in [3.8, 4) is 5.88 Å². The Bertz CT molecular complexity index is 824. The van der Waals surface area contributed by atoms with E-state index in [0.717, 1.165) is 29.5 Å². The number of carbonyl (C=O) groups is 2. The standard InChI is InChI=1S/C22H27N3O3/c1-15-10-16(2)12-18(11-15)21(27)25-14-20(26)24-13-17-6-5-9-23-22(17)28-19-7-3-4-8-19/h5-6,9-12,19H,3-4,7-8,13-14H2,1-2H3,(H,24,26)(H,25,27). The largest absolute Gasteiger partial charge is 0.474 e. The van der Waals surface area contributed by atoms with Crippen molar-refractivity contribution >= 4 is 11.8 Å². The van der Waals surface area contributed by atoms with Gasteiger partial charge in [-0.15, -0.1) is 0 Å². The molecule has 2 aromatic rings. The molecule has 0 unspecified atom stereocenters. The van der Waals surface area contributed by atoms with Gasteiger partial charge in [0, 0.05) is 23.9 Å². The molecule has 2 amide bonds. The van der Waals surface area contributed by atoms with E-state index in [-0.39, 0.29) is 24.5 Å². The van der Waals surface area contributed by atoms with Gasteiger partial charge in [-0.1, -0.05) is 23.3 Å². The van der Waals surface area contributed by atoms with Gasteiger partial charge in [0.2, 0.25) is 11.8 Å². The molecule has 1 saturated carbocycles. The minimum absolute atomic E-state index is 0.0785. The molecule has 3 rings (SSSR count). The maximum atomic E-state index is 12.3. The summed E-state index contributed by atoms with van der Waals surface area (Å²) in [5.41, 5.74) is 3.43. The number of carbonyl (C=O) groups excluding carboxylic acids is 2. The van der Waals surface area contributed by atoms with Gasteiger partial charge < -0.3 is 15.4 Å². The molecule has 0 saturated heterocycles. The van der Waals surface area contributed by atoms with Gasteiger partial charge in [-0.25, -0.2) is 4.98 Å². The number of amides is 2. The maximum Gasteiger partial charge on any atom is 0.251 e. The number of nitrogens with zero attached hydrogens (tertiary/aromatic N) is 1. The molecule has 1 aromatic heterocycles. The zero-order valence-electron chi connectivity index (χ0n) is 16.5. The summed E-state index contributed by atoms with van der Waals surface area (Å²) in [6, 6.07) is 9.34. The van der Waals surface area contributed by atoms with Gasteiger partial charge in [-0.2, -0.15) is 0 Å². The van der Waals surface area contributed by atoms with Crippen LogP contribution in [0.4, 0.5) is 0 Å². The zero-order chi connectivity index (χ0) is 19.9. The summed E-state index contributed by atoms with van der Waals surface area (Å²) in [5, 5.41) is 5.49. The SMILES string of the molecule is Cc1cc(C)cc(C(=O)NCC(=O)NCc2cccnc2OC2CCCC2)c1. The van der Waals surface area contributed by atoms with E-state index < -0.39 is 0 Å². The van der Waals surface area contributed by atoms with Crippen molar-refractivity contribution in [1.82, 2.24) is 15.6 Å². The lowest BCUT2D eigenvalue weighted by Gasteiger charge is -2.15. The summed E-state index contributed by atoms with van der Waals surface area (Å²) in [6.07, 6.45) is 6.37. The zero-order valence-corrected chi connectivity index (χ0v) is 16.5. The number of pyridine rings is 1. The van der Waals surface area contributed by atoms with E-state index in [1.54, 1.807) is 6.20 Å². The normalized spacial score (nSPS) is 13.9. The van der Waals surface area contributed by atoms with Gasteiger partial charge in [0.05, 0.1) is 6.54 Å². The van der Waals surface area contributed by atoms with Gasteiger partial charge in [-0.05, 0) is 57.7 Å². The molecule has 1 fully saturated rings. The molecule has 1 aromatic carbocycles. The lowest BCUT2D eigenvalue weighted by atomic mass is 10.1. The maximum absolute atomic E-state index is 12.3. The topological polar surface area (TPSA) is 80.3 Å². The first-order valence-electron chi connectivity index (χ1n) is 9.75. The summed E-state index contributed by atoms with van der Waals surface area (Å²) in [6.45, 7) is 4.12. The molecule has 148 valence electrons. The predicted molar refractivity (Wildman–Crippen MR) is 107 cm³/mol. The Hall–Kier alpha value is -2.89. The first kappa shape index (κ1) is 19.9. The van der Waals surface area contributed by atoms with Gasteiger partial charge in [0.15, 0.2) is 0 Å². The number of hydrogen-bond donors (Lipinski definition) is 2. The Kier molecular flexibility index (Phi) is 6.63. The van der Waals surface area contributed by atoms with Crippen LogP contribution in [-0.4, -0.2) is 29.4 Å². The number of benzene rings is 1. The molecule has 0 bridgehead atoms. The molecular formula is C22H27N3O3. The summed E-state index contributed by atoms with van der Waals surface area (Å²) >= 11 is 0. The second-order valence-corrected chi connectivity index (χ2v) is 7.33. The third-order valence-electron chi connectivity index (χ3n) is 4.80. The lowest BCUT2D eigenvalue weighted by Crippen LogP contribution is -2.36. The Morgan fingerprint density at radius 3 is 2.54 bits per heavy atom. The highest BCUT2D eigenvalue weighted by atomic mass is 16.5. The fourth-order valence-electron chi connectivity index (χ4n) is 3.45. The number of aromatic nitrogens is 1. The summed E-state index contributed by atoms with van der Waals surface area (Å²) in [5.74, 6) is 0.0657. The molecule has 1 heterocycles. The summed E-state index contributed by atoms with van der Waals surface area (Å²) in [4.78, 5) is 28.7. The lowest BCUT2D eigenvalue weighted by molar-refractivity contribution is -0.120. The van der Waals surface area contributed by atoms with Crippen LogP contribution in [0.25, 0.3) is 0 Å². The van der Waals surface area contributed by atoms with Crippen molar-refractivity contribution in [3.63, 3.8) is 0 Å². The van der Waals surface area contributed by atoms with Crippen LogP contribution < -0.4 is 15.4 Å². The van der Waals surface area contributed by atoms with Crippen LogP contribution in [0.3, 0.4) is 0 Å². The highest BCUT2D eigenvalue weighted by Crippen LogP contribution is 2.24. The van der Waals surface area contributed by atoms with Crippen LogP contribution >= 0.6 is 0 Å². The number of rotatable bonds is 7. The van der Waals surface area contributed by atoms with Crippen LogP contribution in [0.1, 0.15) is 52.7 Å². The Balaban J connectivity index is 1.50. The number of nitrogens with one attached hydrogen (secondary N) is 2. The van der Waals surface area contributed by atoms with Crippen molar-refractivity contribution in [2.75, 3.05) is 6.54 Å². The number of aryl methyl sites for hydroxylation is 2. The summed E-state index contributed by atoms with van der Waals surface area (Å²) in [7, 11) is 0. The number of hydrogen-bond acceptors (Lipinski definition) is 4. The van der Waals surface area contributed by atoms with E-state index in [1.807, 2.05) is 44.2 Å². The third kappa shape index (κ3) is 5.55. The highest BCUT2D eigenvalue weighted by molar-refractivity contribution is 5.96. The molecule has 6 heteroatoms. The van der Waals surface area contributed by atoms with E-state index in [1.165, 1.54) is 12.8 Å². The van der Waals surface area contributed by atoms with Crippen molar-refractivity contribution in [2.45, 2.75) is 52.2 Å². The molecule has 0 spiro atoms. The van der Waals surface area contributed by atoms with Crippen LogP contribution in [0.2, 0.25) is 0 Å². The molecular weight excluding hydrogens is 354 g/mol. The Morgan fingerprint density at radius 1 is 1.11 bits per heavy atom. The predicted octanol–water partition coefficient (Wildman–Crippen LogP) is 3.07. The minimum Gasteiger partial charge on any atom is -0.474 e. The van der Waals surface area contributed by atoms with Crippen LogP contribution in [0, 0.1) is 13.8 Å². The van der Waals surface area contributed by atoms with Crippen molar-refractivity contribution in [2.24, 2.45) is 0 Å². The molecule has 2 N–H and O–H groups in total. The molecule has 28 heavy (non-hydrogen) atoms. The van der Waals surface area contributed by atoms with E-state index in [0.29, 0.717) is 18.0 Å². The minimum atomic E-state index is -0.256. The average Bonchev–Trinajstić information content (AvgIpc) is 3.17. The molecule has 0 aliphatic heterocycles. The molecule has 0 radical (unpaired) electrons. The van der Waals surface area contributed by atoms with E-state index in [4.69, 9.17) is 4.74 Å². The molecule has 0 atom stereocenters. The van der Waals surface area contributed by atoms with Crippen molar-refractivity contribution in [1.29, 1.82) is 0 Å². The first-order chi connectivity index (χ1) is 13.5. The monoisotopic (exact) mass is 381 g/mol. The second kappa shape index (κ2) is 9.35. The smallest absolute Gasteiger partial charge is 0.251 e. The second-order valence-electron chi connectivity index (χ2n) is 7.33. The van der Waals surface area contributed by atoms with Crippen molar-refractivity contribution in [3.05, 3.63) is 58.8 Å². The number of ether oxygens (including phenoxy) is 1. The molecule has 1 aliphatic rings. The van der Waals surface area contributed by atoms with Gasteiger partial charge in [0.25, 0.3) is 5.91 Å². The van der Waals surface area contributed by atoms with Crippen molar-refractivity contribution < 1.29 is 14.3 Å². The summed E-state index contributed by atoms with van der Waals surface area (Å²) < 4.78 is 5.98. The third-order valence-corrected chi connectivity index (χ3v) is 4.80. The highest BCUT2D eigenvalue weighted by Gasteiger charge is 2.18. The van der Waals surface area contributed by atoms with E-state index in [9.17, 15) is 9.59 Å². The van der Waals surface area contributed by atoms with Gasteiger partial charge >= 0.3 is 0 Å². The Labute approximate surface area is 165 Å². The van der Waals surface area contributed by atoms with Gasteiger partial charge in [-0.3, -0.25) is 9.59 Å². The molecule has 1 aliphatic carbocycles. The Morgan fingerprint density at radius 2 is 1.82 bits per heavy atom. The molecule has 6 nitrogen and oxygen atoms in total. The van der Waals surface area contributed by atoms with Gasteiger partial charge in [0.1, 0.15) is 6.10 Å². The fourth-order valence-corrected chi connectivity index (χ4v) is 3.45.